The molecule has 1 aromatic carbocycles. The lowest BCUT2D eigenvalue weighted by molar-refractivity contribution is -0.121. The van der Waals surface area contributed by atoms with E-state index in [4.69, 9.17) is 0 Å². The SMILES string of the molecule is Cc1ccc(CC(=O)NC2CCc3nnc(-c4ccccc4)n3C2)cn1. The average Bonchev–Trinajstić information content (AvgIpc) is 3.07. The molecule has 0 spiro atoms. The first-order valence-corrected chi connectivity index (χ1v) is 8.87. The first kappa shape index (κ1) is 16.4. The van der Waals surface area contributed by atoms with Gasteiger partial charge in [-0.3, -0.25) is 9.78 Å². The summed E-state index contributed by atoms with van der Waals surface area (Å²) in [4.78, 5) is 16.6. The van der Waals surface area contributed by atoms with Crippen LogP contribution in [0.25, 0.3) is 11.4 Å². The molecule has 3 heterocycles. The normalized spacial score (nSPS) is 16.1. The van der Waals surface area contributed by atoms with Gasteiger partial charge in [-0.25, -0.2) is 0 Å². The summed E-state index contributed by atoms with van der Waals surface area (Å²) in [5, 5.41) is 11.8. The summed E-state index contributed by atoms with van der Waals surface area (Å²) < 4.78 is 2.12. The van der Waals surface area contributed by atoms with Crippen molar-refractivity contribution in [1.29, 1.82) is 0 Å². The number of hydrogen-bond acceptors (Lipinski definition) is 4. The maximum absolute atomic E-state index is 12.4. The van der Waals surface area contributed by atoms with Gasteiger partial charge >= 0.3 is 0 Å². The lowest BCUT2D eigenvalue weighted by atomic mass is 10.1. The van der Waals surface area contributed by atoms with Crippen molar-refractivity contribution >= 4 is 5.91 Å². The number of aryl methyl sites for hydroxylation is 2. The third-order valence-electron chi connectivity index (χ3n) is 4.68. The van der Waals surface area contributed by atoms with E-state index in [-0.39, 0.29) is 11.9 Å². The van der Waals surface area contributed by atoms with Gasteiger partial charge in [-0.05, 0) is 25.0 Å². The number of hydrogen-bond donors (Lipinski definition) is 1. The highest BCUT2D eigenvalue weighted by Gasteiger charge is 2.24. The Morgan fingerprint density at radius 3 is 2.81 bits per heavy atom. The second kappa shape index (κ2) is 7.07. The van der Waals surface area contributed by atoms with Gasteiger partial charge in [0.25, 0.3) is 0 Å². The largest absolute Gasteiger partial charge is 0.351 e. The van der Waals surface area contributed by atoms with Gasteiger partial charge in [0.05, 0.1) is 6.42 Å². The van der Waals surface area contributed by atoms with E-state index >= 15 is 0 Å². The van der Waals surface area contributed by atoms with Crippen LogP contribution >= 0.6 is 0 Å². The van der Waals surface area contributed by atoms with Crippen LogP contribution in [0.5, 0.6) is 0 Å². The van der Waals surface area contributed by atoms with E-state index < -0.39 is 0 Å². The van der Waals surface area contributed by atoms with Crippen molar-refractivity contribution < 1.29 is 4.79 Å². The van der Waals surface area contributed by atoms with Crippen molar-refractivity contribution in [2.45, 2.75) is 38.8 Å². The molecule has 6 nitrogen and oxygen atoms in total. The number of carbonyl (C=O) groups is 1. The Morgan fingerprint density at radius 2 is 2.04 bits per heavy atom. The molecule has 2 aromatic heterocycles. The zero-order chi connectivity index (χ0) is 17.9. The van der Waals surface area contributed by atoms with Crippen LogP contribution in [-0.4, -0.2) is 31.7 Å². The van der Waals surface area contributed by atoms with Gasteiger partial charge in [-0.15, -0.1) is 10.2 Å². The van der Waals surface area contributed by atoms with Crippen molar-refractivity contribution in [1.82, 2.24) is 25.1 Å². The fourth-order valence-corrected chi connectivity index (χ4v) is 3.31. The highest BCUT2D eigenvalue weighted by molar-refractivity contribution is 5.78. The van der Waals surface area contributed by atoms with Gasteiger partial charge in [0.15, 0.2) is 5.82 Å². The van der Waals surface area contributed by atoms with Gasteiger partial charge in [-0.2, -0.15) is 0 Å². The summed E-state index contributed by atoms with van der Waals surface area (Å²) >= 11 is 0. The molecule has 1 aliphatic heterocycles. The molecule has 0 radical (unpaired) electrons. The van der Waals surface area contributed by atoms with E-state index in [0.29, 0.717) is 13.0 Å². The van der Waals surface area contributed by atoms with Crippen LogP contribution in [0.3, 0.4) is 0 Å². The standard InChI is InChI=1S/C20H21N5O/c1-14-7-8-15(12-21-14)11-19(26)22-17-9-10-18-23-24-20(25(18)13-17)16-5-3-2-4-6-16/h2-8,12,17H,9-11,13H2,1H3,(H,22,26). The summed E-state index contributed by atoms with van der Waals surface area (Å²) in [5.74, 6) is 1.87. The third kappa shape index (κ3) is 3.49. The van der Waals surface area contributed by atoms with Crippen molar-refractivity contribution in [3.63, 3.8) is 0 Å². The second-order valence-corrected chi connectivity index (χ2v) is 6.70. The number of benzene rings is 1. The summed E-state index contributed by atoms with van der Waals surface area (Å²) in [6.45, 7) is 2.64. The number of pyridine rings is 1. The smallest absolute Gasteiger partial charge is 0.224 e. The zero-order valence-corrected chi connectivity index (χ0v) is 14.7. The minimum absolute atomic E-state index is 0.0263. The predicted molar refractivity (Wildman–Crippen MR) is 98.4 cm³/mol. The van der Waals surface area contributed by atoms with Crippen LogP contribution in [-0.2, 0) is 24.2 Å². The molecule has 3 aromatic rings. The van der Waals surface area contributed by atoms with Gasteiger partial charge in [0.1, 0.15) is 5.82 Å². The van der Waals surface area contributed by atoms with Crippen LogP contribution in [0.1, 0.15) is 23.5 Å². The minimum Gasteiger partial charge on any atom is -0.351 e. The van der Waals surface area contributed by atoms with Crippen LogP contribution in [0.4, 0.5) is 0 Å². The van der Waals surface area contributed by atoms with E-state index in [1.165, 1.54) is 0 Å². The molecule has 6 heteroatoms. The highest BCUT2D eigenvalue weighted by Crippen LogP contribution is 2.22. The Balaban J connectivity index is 1.44. The van der Waals surface area contributed by atoms with Crippen LogP contribution in [0.2, 0.25) is 0 Å². The van der Waals surface area contributed by atoms with Crippen molar-refractivity contribution in [3.8, 4) is 11.4 Å². The summed E-state index contributed by atoms with van der Waals surface area (Å²) in [6, 6.07) is 14.0. The molecular weight excluding hydrogens is 326 g/mol. The summed E-state index contributed by atoms with van der Waals surface area (Å²) in [7, 11) is 0. The molecule has 26 heavy (non-hydrogen) atoms. The molecule has 0 saturated carbocycles. The predicted octanol–water partition coefficient (Wildman–Crippen LogP) is 2.32. The maximum atomic E-state index is 12.4. The fourth-order valence-electron chi connectivity index (χ4n) is 3.31. The Hall–Kier alpha value is -3.02. The number of carbonyl (C=O) groups excluding carboxylic acids is 1. The van der Waals surface area contributed by atoms with E-state index in [1.54, 1.807) is 6.20 Å². The number of amides is 1. The number of rotatable bonds is 4. The molecule has 0 aliphatic carbocycles. The van der Waals surface area contributed by atoms with Crippen LogP contribution < -0.4 is 5.32 Å². The summed E-state index contributed by atoms with van der Waals surface area (Å²) in [5.41, 5.74) is 2.93. The Morgan fingerprint density at radius 1 is 1.19 bits per heavy atom. The Labute approximate surface area is 152 Å². The highest BCUT2D eigenvalue weighted by atomic mass is 16.1. The van der Waals surface area contributed by atoms with Crippen molar-refractivity contribution in [2.75, 3.05) is 0 Å². The number of aromatic nitrogens is 4. The molecule has 1 unspecified atom stereocenters. The molecule has 4 rings (SSSR count). The maximum Gasteiger partial charge on any atom is 0.224 e. The molecule has 1 N–H and O–H groups in total. The molecule has 0 fully saturated rings. The molecule has 1 amide bonds. The van der Waals surface area contributed by atoms with Gasteiger partial charge in [0.2, 0.25) is 5.91 Å². The average molecular weight is 347 g/mol. The zero-order valence-electron chi connectivity index (χ0n) is 14.7. The third-order valence-corrected chi connectivity index (χ3v) is 4.68. The van der Waals surface area contributed by atoms with Gasteiger partial charge in [0, 0.05) is 36.5 Å². The Bertz CT molecular complexity index is 902. The number of fused-ring (bicyclic) bond motifs is 1. The first-order valence-electron chi connectivity index (χ1n) is 8.87. The fraction of sp³-hybridized carbons (Fsp3) is 0.300. The van der Waals surface area contributed by atoms with E-state index in [9.17, 15) is 4.79 Å². The van der Waals surface area contributed by atoms with E-state index in [0.717, 1.165) is 41.3 Å². The quantitative estimate of drug-likeness (QED) is 0.786. The lowest BCUT2D eigenvalue weighted by Crippen LogP contribution is -2.41. The first-order chi connectivity index (χ1) is 12.7. The second-order valence-electron chi connectivity index (χ2n) is 6.70. The minimum atomic E-state index is 0.0263. The van der Waals surface area contributed by atoms with Crippen LogP contribution in [0.15, 0.2) is 48.7 Å². The van der Waals surface area contributed by atoms with E-state index in [2.05, 4.69) is 25.1 Å². The number of nitrogens with one attached hydrogen (secondary N) is 1. The molecule has 1 aliphatic rings. The Kier molecular flexibility index (Phi) is 4.48. The molecule has 0 saturated heterocycles. The van der Waals surface area contributed by atoms with Gasteiger partial charge < -0.3 is 9.88 Å². The topological polar surface area (TPSA) is 72.7 Å². The molecular formula is C20H21N5O. The number of nitrogens with zero attached hydrogens (tertiary/aromatic N) is 4. The lowest BCUT2D eigenvalue weighted by Gasteiger charge is -2.25. The summed E-state index contributed by atoms with van der Waals surface area (Å²) in [6.07, 6.45) is 3.81. The van der Waals surface area contributed by atoms with E-state index in [1.807, 2.05) is 49.4 Å². The van der Waals surface area contributed by atoms with Crippen molar-refractivity contribution in [3.05, 3.63) is 65.7 Å². The van der Waals surface area contributed by atoms with Crippen molar-refractivity contribution in [2.24, 2.45) is 0 Å². The molecule has 1 atom stereocenters. The van der Waals surface area contributed by atoms with Crippen LogP contribution in [0, 0.1) is 6.92 Å². The van der Waals surface area contributed by atoms with Gasteiger partial charge in [-0.1, -0.05) is 36.4 Å². The molecule has 132 valence electrons. The monoisotopic (exact) mass is 347 g/mol. The molecule has 0 bridgehead atoms.